The normalized spacial score (nSPS) is 11.1. The molecule has 29 heavy (non-hydrogen) atoms. The molecule has 3 rings (SSSR count). The van der Waals surface area contributed by atoms with Crippen molar-refractivity contribution in [1.29, 1.82) is 0 Å². The van der Waals surface area contributed by atoms with Gasteiger partial charge < -0.3 is 14.8 Å². The van der Waals surface area contributed by atoms with E-state index in [4.69, 9.17) is 4.74 Å². The third kappa shape index (κ3) is 5.19. The van der Waals surface area contributed by atoms with Gasteiger partial charge in [0.05, 0.1) is 12.8 Å². The molecule has 0 aliphatic heterocycles. The van der Waals surface area contributed by atoms with Gasteiger partial charge in [-0.2, -0.15) is 13.9 Å². The van der Waals surface area contributed by atoms with Crippen molar-refractivity contribution in [2.24, 2.45) is 7.05 Å². The van der Waals surface area contributed by atoms with Gasteiger partial charge in [-0.15, -0.1) is 0 Å². The first-order valence-electron chi connectivity index (χ1n) is 8.66. The predicted octanol–water partition coefficient (Wildman–Crippen LogP) is 4.35. The molecule has 1 amide bonds. The fourth-order valence-electron chi connectivity index (χ4n) is 2.70. The van der Waals surface area contributed by atoms with E-state index in [9.17, 15) is 13.6 Å². The van der Waals surface area contributed by atoms with E-state index in [1.54, 1.807) is 60.4 Å². The summed E-state index contributed by atoms with van der Waals surface area (Å²) >= 11 is 0. The number of hydrogen-bond acceptors (Lipinski definition) is 4. The fourth-order valence-corrected chi connectivity index (χ4v) is 2.70. The van der Waals surface area contributed by atoms with Gasteiger partial charge in [-0.3, -0.25) is 9.48 Å². The molecule has 1 heterocycles. The van der Waals surface area contributed by atoms with Crippen molar-refractivity contribution < 1.29 is 23.0 Å². The number of anilines is 1. The van der Waals surface area contributed by atoms with Crippen LogP contribution in [0.3, 0.4) is 0 Å². The first-order valence-corrected chi connectivity index (χ1v) is 8.66. The lowest BCUT2D eigenvalue weighted by molar-refractivity contribution is -0.111. The van der Waals surface area contributed by atoms with Crippen molar-refractivity contribution >= 4 is 17.7 Å². The highest BCUT2D eigenvalue weighted by Gasteiger charge is 2.13. The number of aryl methyl sites for hydroxylation is 1. The van der Waals surface area contributed by atoms with Crippen LogP contribution in [0.1, 0.15) is 5.69 Å². The lowest BCUT2D eigenvalue weighted by Gasteiger charge is -2.13. The summed E-state index contributed by atoms with van der Waals surface area (Å²) in [5.41, 5.74) is 2.26. The van der Waals surface area contributed by atoms with Crippen LogP contribution < -0.4 is 14.8 Å². The summed E-state index contributed by atoms with van der Waals surface area (Å²) in [6.07, 6.45) is 4.62. The maximum atomic E-state index is 12.8. The molecule has 0 fully saturated rings. The number of amides is 1. The maximum Gasteiger partial charge on any atom is 0.387 e. The number of halogens is 2. The fraction of sp³-hybridized carbons (Fsp3) is 0.143. The smallest absolute Gasteiger partial charge is 0.387 e. The third-order valence-corrected chi connectivity index (χ3v) is 4.13. The van der Waals surface area contributed by atoms with E-state index in [0.717, 1.165) is 5.69 Å². The van der Waals surface area contributed by atoms with Gasteiger partial charge in [-0.1, -0.05) is 12.1 Å². The molecule has 0 aliphatic rings. The molecule has 0 unspecified atom stereocenters. The predicted molar refractivity (Wildman–Crippen MR) is 106 cm³/mol. The molecule has 0 bridgehead atoms. The Morgan fingerprint density at radius 3 is 2.55 bits per heavy atom. The van der Waals surface area contributed by atoms with Crippen LogP contribution in [0, 0.1) is 0 Å². The zero-order chi connectivity index (χ0) is 20.8. The van der Waals surface area contributed by atoms with Gasteiger partial charge in [0, 0.05) is 30.6 Å². The number of benzene rings is 2. The Morgan fingerprint density at radius 1 is 1.17 bits per heavy atom. The quantitative estimate of drug-likeness (QED) is 0.600. The number of nitrogens with zero attached hydrogens (tertiary/aromatic N) is 2. The number of ether oxygens (including phenoxy) is 2. The molecule has 0 aliphatic carbocycles. The van der Waals surface area contributed by atoms with E-state index in [1.165, 1.54) is 25.3 Å². The zero-order valence-corrected chi connectivity index (χ0v) is 15.8. The molecule has 3 aromatic rings. The van der Waals surface area contributed by atoms with Crippen LogP contribution in [0.4, 0.5) is 14.5 Å². The second kappa shape index (κ2) is 9.01. The summed E-state index contributed by atoms with van der Waals surface area (Å²) in [7, 11) is 3.30. The SMILES string of the molecule is COc1ccc(-c2cc(NC(=O)/C=C/c3ccnn3C)ccc2OC(F)F)cc1. The first kappa shape index (κ1) is 20.1. The van der Waals surface area contributed by atoms with Crippen LogP contribution in [-0.4, -0.2) is 29.4 Å². The molecule has 0 saturated carbocycles. The van der Waals surface area contributed by atoms with Crippen LogP contribution in [-0.2, 0) is 11.8 Å². The Bertz CT molecular complexity index is 1010. The summed E-state index contributed by atoms with van der Waals surface area (Å²) in [5, 5.41) is 6.73. The van der Waals surface area contributed by atoms with Gasteiger partial charge in [-0.05, 0) is 48.0 Å². The van der Waals surface area contributed by atoms with E-state index < -0.39 is 6.61 Å². The molecular formula is C21H19F2N3O3. The molecule has 150 valence electrons. The molecule has 1 aromatic heterocycles. The lowest BCUT2D eigenvalue weighted by Crippen LogP contribution is -2.09. The van der Waals surface area contributed by atoms with Gasteiger partial charge in [-0.25, -0.2) is 0 Å². The third-order valence-electron chi connectivity index (χ3n) is 4.13. The molecule has 0 radical (unpaired) electrons. The molecule has 0 saturated heterocycles. The number of aromatic nitrogens is 2. The van der Waals surface area contributed by atoms with Gasteiger partial charge in [0.1, 0.15) is 11.5 Å². The highest BCUT2D eigenvalue weighted by atomic mass is 19.3. The Balaban J connectivity index is 1.84. The number of hydrogen-bond donors (Lipinski definition) is 1. The topological polar surface area (TPSA) is 65.4 Å². The number of carbonyl (C=O) groups excluding carboxylic acids is 1. The van der Waals surface area contributed by atoms with Crippen LogP contribution in [0.15, 0.2) is 60.8 Å². The first-order chi connectivity index (χ1) is 14.0. The van der Waals surface area contributed by atoms with Gasteiger partial charge in [0.25, 0.3) is 0 Å². The van der Waals surface area contributed by atoms with E-state index in [0.29, 0.717) is 22.6 Å². The van der Waals surface area contributed by atoms with E-state index in [2.05, 4.69) is 15.2 Å². The molecule has 1 N–H and O–H groups in total. The standard InChI is InChI=1S/C21H19F2N3O3/c1-26-16(11-12-24-26)6-10-20(27)25-15-5-9-19(29-21(22)23)18(13-15)14-3-7-17(28-2)8-4-14/h3-13,21H,1-2H3,(H,25,27)/b10-6+. The van der Waals surface area contributed by atoms with E-state index in [1.807, 2.05) is 0 Å². The number of carbonyl (C=O) groups is 1. The average molecular weight is 399 g/mol. The maximum absolute atomic E-state index is 12.8. The molecule has 2 aromatic carbocycles. The highest BCUT2D eigenvalue weighted by molar-refractivity contribution is 6.02. The Kier molecular flexibility index (Phi) is 6.23. The minimum absolute atomic E-state index is 0.00796. The van der Waals surface area contributed by atoms with Crippen LogP contribution in [0.5, 0.6) is 11.5 Å². The van der Waals surface area contributed by atoms with Crippen molar-refractivity contribution in [1.82, 2.24) is 9.78 Å². The average Bonchev–Trinajstić information content (AvgIpc) is 3.12. The van der Waals surface area contributed by atoms with E-state index >= 15 is 0 Å². The van der Waals surface area contributed by atoms with Crippen LogP contribution >= 0.6 is 0 Å². The Hall–Kier alpha value is -3.68. The minimum atomic E-state index is -2.96. The van der Waals surface area contributed by atoms with Crippen LogP contribution in [0.25, 0.3) is 17.2 Å². The Morgan fingerprint density at radius 2 is 1.93 bits per heavy atom. The van der Waals surface area contributed by atoms with Gasteiger partial charge in [0.15, 0.2) is 0 Å². The second-order valence-electron chi connectivity index (χ2n) is 6.02. The van der Waals surface area contributed by atoms with E-state index in [-0.39, 0.29) is 11.7 Å². The van der Waals surface area contributed by atoms with Crippen molar-refractivity contribution in [3.63, 3.8) is 0 Å². The summed E-state index contributed by atoms with van der Waals surface area (Å²) in [6, 6.07) is 13.1. The summed E-state index contributed by atoms with van der Waals surface area (Å²) < 4.78 is 36.9. The number of nitrogens with one attached hydrogen (secondary N) is 1. The summed E-state index contributed by atoms with van der Waals surface area (Å²) in [5.74, 6) is 0.276. The second-order valence-corrected chi connectivity index (χ2v) is 6.02. The van der Waals surface area contributed by atoms with Crippen LogP contribution in [0.2, 0.25) is 0 Å². The zero-order valence-electron chi connectivity index (χ0n) is 15.8. The molecule has 0 atom stereocenters. The highest BCUT2D eigenvalue weighted by Crippen LogP contribution is 2.34. The Labute approximate surface area is 166 Å². The monoisotopic (exact) mass is 399 g/mol. The molecule has 0 spiro atoms. The van der Waals surface area contributed by atoms with Crippen molar-refractivity contribution in [2.75, 3.05) is 12.4 Å². The van der Waals surface area contributed by atoms with Crippen molar-refractivity contribution in [2.45, 2.75) is 6.61 Å². The molecule has 8 heteroatoms. The van der Waals surface area contributed by atoms with Gasteiger partial charge in [0.2, 0.25) is 5.91 Å². The molecule has 6 nitrogen and oxygen atoms in total. The number of alkyl halides is 2. The largest absolute Gasteiger partial charge is 0.497 e. The molecular weight excluding hydrogens is 380 g/mol. The van der Waals surface area contributed by atoms with Crippen molar-refractivity contribution in [3.05, 3.63) is 66.5 Å². The lowest BCUT2D eigenvalue weighted by atomic mass is 10.0. The number of rotatable bonds is 7. The van der Waals surface area contributed by atoms with Crippen molar-refractivity contribution in [3.8, 4) is 22.6 Å². The summed E-state index contributed by atoms with van der Waals surface area (Å²) in [6.45, 7) is -2.96. The summed E-state index contributed by atoms with van der Waals surface area (Å²) in [4.78, 5) is 12.2. The number of methoxy groups -OCH3 is 1. The van der Waals surface area contributed by atoms with Gasteiger partial charge >= 0.3 is 6.61 Å². The minimum Gasteiger partial charge on any atom is -0.497 e.